The Morgan fingerprint density at radius 3 is 2.84 bits per heavy atom. The third kappa shape index (κ3) is 6.96. The minimum Gasteiger partial charge on any atom is -0.382 e. The summed E-state index contributed by atoms with van der Waals surface area (Å²) in [5, 5.41) is 9.08. The number of hydrogen-bond donors (Lipinski definition) is 2. The van der Waals surface area contributed by atoms with Gasteiger partial charge in [-0.2, -0.15) is 0 Å². The summed E-state index contributed by atoms with van der Waals surface area (Å²) in [6.07, 6.45) is 3.59. The van der Waals surface area contributed by atoms with E-state index < -0.39 is 0 Å². The Bertz CT molecular complexity index is 484. The van der Waals surface area contributed by atoms with Crippen LogP contribution in [0.15, 0.2) is 22.5 Å². The quantitative estimate of drug-likeness (QED) is 0.400. The highest BCUT2D eigenvalue weighted by Gasteiger charge is 2.25. The second-order valence-electron chi connectivity index (χ2n) is 6.68. The molecule has 2 N–H and O–H groups in total. The molecular weight excluding hydrogens is 332 g/mol. The van der Waals surface area contributed by atoms with Crippen molar-refractivity contribution >= 4 is 17.3 Å². The monoisotopic (exact) mass is 366 g/mol. The number of thiophene rings is 1. The molecule has 1 fully saturated rings. The van der Waals surface area contributed by atoms with Gasteiger partial charge in [-0.15, -0.1) is 11.3 Å². The fraction of sp³-hybridized carbons (Fsp3) is 0.737. The largest absolute Gasteiger partial charge is 0.382 e. The summed E-state index contributed by atoms with van der Waals surface area (Å²) in [6.45, 7) is 10.1. The maximum absolute atomic E-state index is 5.38. The summed E-state index contributed by atoms with van der Waals surface area (Å²) in [5.74, 6) is 1.73. The molecule has 1 saturated heterocycles. The van der Waals surface area contributed by atoms with Gasteiger partial charge in [0.1, 0.15) is 0 Å². The molecule has 0 aromatic carbocycles. The highest BCUT2D eigenvalue weighted by Crippen LogP contribution is 2.28. The lowest BCUT2D eigenvalue weighted by Crippen LogP contribution is -2.45. The van der Waals surface area contributed by atoms with Crippen molar-refractivity contribution in [2.75, 3.05) is 46.4 Å². The van der Waals surface area contributed by atoms with Crippen molar-refractivity contribution in [3.8, 4) is 0 Å². The van der Waals surface area contributed by atoms with Gasteiger partial charge in [-0.25, -0.2) is 0 Å². The lowest BCUT2D eigenvalue weighted by molar-refractivity contribution is 0.140. The summed E-state index contributed by atoms with van der Waals surface area (Å²) in [7, 11) is 1.83. The second kappa shape index (κ2) is 11.5. The van der Waals surface area contributed by atoms with Crippen LogP contribution in [0.3, 0.4) is 0 Å². The zero-order valence-electron chi connectivity index (χ0n) is 16.0. The molecule has 25 heavy (non-hydrogen) atoms. The predicted octanol–water partition coefficient (Wildman–Crippen LogP) is 3.11. The van der Waals surface area contributed by atoms with Gasteiger partial charge in [0, 0.05) is 38.2 Å². The topological polar surface area (TPSA) is 48.9 Å². The smallest absolute Gasteiger partial charge is 0.191 e. The highest BCUT2D eigenvalue weighted by atomic mass is 32.1. The van der Waals surface area contributed by atoms with Crippen LogP contribution < -0.4 is 10.6 Å². The molecule has 6 heteroatoms. The summed E-state index contributed by atoms with van der Waals surface area (Å²) in [6, 6.07) is 4.84. The van der Waals surface area contributed by atoms with Crippen LogP contribution >= 0.6 is 11.3 Å². The van der Waals surface area contributed by atoms with Gasteiger partial charge >= 0.3 is 0 Å². The van der Waals surface area contributed by atoms with E-state index in [-0.39, 0.29) is 0 Å². The molecule has 0 aliphatic carbocycles. The van der Waals surface area contributed by atoms with Crippen LogP contribution in [0.1, 0.15) is 44.0 Å². The average Bonchev–Trinajstić information content (AvgIpc) is 3.15. The van der Waals surface area contributed by atoms with Crippen LogP contribution in [0.2, 0.25) is 0 Å². The van der Waals surface area contributed by atoms with E-state index in [0.29, 0.717) is 6.04 Å². The minimum absolute atomic E-state index is 0.425. The van der Waals surface area contributed by atoms with Gasteiger partial charge in [-0.05, 0) is 56.6 Å². The van der Waals surface area contributed by atoms with Crippen LogP contribution in [-0.2, 0) is 4.74 Å². The van der Waals surface area contributed by atoms with Gasteiger partial charge in [-0.1, -0.05) is 13.0 Å². The van der Waals surface area contributed by atoms with Gasteiger partial charge in [0.25, 0.3) is 0 Å². The van der Waals surface area contributed by atoms with Crippen molar-refractivity contribution in [2.24, 2.45) is 10.9 Å². The maximum atomic E-state index is 5.38. The lowest BCUT2D eigenvalue weighted by Gasteiger charge is -2.36. The third-order valence-corrected chi connectivity index (χ3v) is 5.75. The van der Waals surface area contributed by atoms with Gasteiger partial charge in [-0.3, -0.25) is 9.89 Å². The Kier molecular flexibility index (Phi) is 9.29. The van der Waals surface area contributed by atoms with E-state index in [4.69, 9.17) is 4.74 Å². The Balaban J connectivity index is 1.84. The van der Waals surface area contributed by atoms with Gasteiger partial charge in [0.2, 0.25) is 0 Å². The number of ether oxygens (including phenoxy) is 1. The number of likely N-dealkylation sites (tertiary alicyclic amines) is 1. The molecule has 1 aromatic heterocycles. The number of piperidine rings is 1. The molecule has 1 aliphatic heterocycles. The Hall–Kier alpha value is -1.11. The Morgan fingerprint density at radius 2 is 2.20 bits per heavy atom. The van der Waals surface area contributed by atoms with E-state index in [2.05, 4.69) is 45.0 Å². The van der Waals surface area contributed by atoms with Crippen LogP contribution in [0, 0.1) is 5.92 Å². The molecule has 2 rings (SSSR count). The first-order valence-corrected chi connectivity index (χ1v) is 10.4. The van der Waals surface area contributed by atoms with E-state index in [1.54, 1.807) is 0 Å². The van der Waals surface area contributed by atoms with E-state index in [1.165, 1.54) is 30.8 Å². The standard InChI is InChI=1S/C19H34N4OS/c1-4-24-13-6-10-21-19(20-3)22-15-17(18-7-5-14-25-18)23-11-8-16(2)9-12-23/h5,7,14,16-17H,4,6,8-13,15H2,1-3H3,(H2,20,21,22). The molecule has 0 radical (unpaired) electrons. The van der Waals surface area contributed by atoms with Crippen LogP contribution in [0.25, 0.3) is 0 Å². The maximum Gasteiger partial charge on any atom is 0.191 e. The molecule has 0 spiro atoms. The van der Waals surface area contributed by atoms with Gasteiger partial charge in [0.05, 0.1) is 6.04 Å². The normalized spacial score (nSPS) is 18.3. The van der Waals surface area contributed by atoms with Crippen molar-refractivity contribution in [3.05, 3.63) is 22.4 Å². The Morgan fingerprint density at radius 1 is 1.40 bits per heavy atom. The molecule has 0 bridgehead atoms. The molecular formula is C19H34N4OS. The van der Waals surface area contributed by atoms with Crippen molar-refractivity contribution in [1.82, 2.24) is 15.5 Å². The molecule has 142 valence electrons. The molecule has 5 nitrogen and oxygen atoms in total. The van der Waals surface area contributed by atoms with Crippen molar-refractivity contribution in [3.63, 3.8) is 0 Å². The summed E-state index contributed by atoms with van der Waals surface area (Å²) >= 11 is 1.85. The first-order valence-electron chi connectivity index (χ1n) is 9.54. The number of hydrogen-bond acceptors (Lipinski definition) is 4. The highest BCUT2D eigenvalue weighted by molar-refractivity contribution is 7.10. The first-order chi connectivity index (χ1) is 12.2. The molecule has 1 atom stereocenters. The first kappa shape index (κ1) is 20.2. The van der Waals surface area contributed by atoms with Crippen LogP contribution in [0.4, 0.5) is 0 Å². The molecule has 0 amide bonds. The SMILES string of the molecule is CCOCCCNC(=NC)NCC(c1cccs1)N1CCC(C)CC1. The fourth-order valence-electron chi connectivity index (χ4n) is 3.17. The van der Waals surface area contributed by atoms with Crippen LogP contribution in [0.5, 0.6) is 0 Å². The average molecular weight is 367 g/mol. The molecule has 1 aromatic rings. The van der Waals surface area contributed by atoms with E-state index in [0.717, 1.165) is 44.6 Å². The Labute approximate surface area is 156 Å². The van der Waals surface area contributed by atoms with Crippen molar-refractivity contribution < 1.29 is 4.74 Å². The molecule has 2 heterocycles. The van der Waals surface area contributed by atoms with E-state index >= 15 is 0 Å². The number of rotatable bonds is 9. The van der Waals surface area contributed by atoms with Gasteiger partial charge < -0.3 is 15.4 Å². The number of nitrogens with zero attached hydrogens (tertiary/aromatic N) is 2. The van der Waals surface area contributed by atoms with E-state index in [1.807, 2.05) is 25.3 Å². The number of aliphatic imine (C=N–C) groups is 1. The number of guanidine groups is 1. The van der Waals surface area contributed by atoms with Crippen molar-refractivity contribution in [1.29, 1.82) is 0 Å². The summed E-state index contributed by atoms with van der Waals surface area (Å²) in [4.78, 5) is 8.42. The predicted molar refractivity (Wildman–Crippen MR) is 108 cm³/mol. The second-order valence-corrected chi connectivity index (χ2v) is 7.66. The van der Waals surface area contributed by atoms with Crippen molar-refractivity contribution in [2.45, 2.75) is 39.2 Å². The number of nitrogens with one attached hydrogen (secondary N) is 2. The zero-order valence-corrected chi connectivity index (χ0v) is 16.8. The summed E-state index contributed by atoms with van der Waals surface area (Å²) in [5.41, 5.74) is 0. The van der Waals surface area contributed by atoms with Crippen LogP contribution in [-0.4, -0.2) is 57.3 Å². The molecule has 0 saturated carbocycles. The lowest BCUT2D eigenvalue weighted by atomic mass is 9.97. The summed E-state index contributed by atoms with van der Waals surface area (Å²) < 4.78 is 5.38. The van der Waals surface area contributed by atoms with E-state index in [9.17, 15) is 0 Å². The van der Waals surface area contributed by atoms with Gasteiger partial charge in [0.15, 0.2) is 5.96 Å². The molecule has 1 aliphatic rings. The fourth-order valence-corrected chi connectivity index (χ4v) is 4.03. The third-order valence-electron chi connectivity index (χ3n) is 4.78. The minimum atomic E-state index is 0.425. The molecule has 1 unspecified atom stereocenters. The zero-order chi connectivity index (χ0) is 17.9.